The van der Waals surface area contributed by atoms with E-state index in [4.69, 9.17) is 4.98 Å². The molecule has 5 heterocycles. The lowest BCUT2D eigenvalue weighted by Crippen LogP contribution is -2.34. The number of amides is 1. The molecule has 4 aromatic rings. The summed E-state index contributed by atoms with van der Waals surface area (Å²) in [6.07, 6.45) is 2.54. The first kappa shape index (κ1) is 23.4. The quantitative estimate of drug-likeness (QED) is 0.376. The smallest absolute Gasteiger partial charge is 0.309 e. The highest BCUT2D eigenvalue weighted by atomic mass is 19.4. The first-order valence-electron chi connectivity index (χ1n) is 11.9. The fourth-order valence-electron chi connectivity index (χ4n) is 4.82. The molecule has 0 bridgehead atoms. The second-order valence-corrected chi connectivity index (χ2v) is 9.57. The number of nitrogens with zero attached hydrogens (tertiary/aromatic N) is 6. The minimum absolute atomic E-state index is 0.0827. The first-order chi connectivity index (χ1) is 17.6. The molecule has 1 amide bonds. The van der Waals surface area contributed by atoms with Crippen LogP contribution in [0, 0.1) is 5.82 Å². The Balaban J connectivity index is 1.45. The molecule has 6 rings (SSSR count). The van der Waals surface area contributed by atoms with Crippen LogP contribution >= 0.6 is 0 Å². The SMILES string of the molecule is CC1(c2ccc(F)cn2)C(=O)Nc2nc(-c3cn4ccnc4c(CCCC(F)(F)F)n3)nc(C3CC3)c21. The molecule has 1 unspecified atom stereocenters. The number of aromatic nitrogens is 6. The Kier molecular flexibility index (Phi) is 5.25. The van der Waals surface area contributed by atoms with Crippen molar-refractivity contribution in [2.45, 2.75) is 56.5 Å². The summed E-state index contributed by atoms with van der Waals surface area (Å²) in [4.78, 5) is 35.7. The van der Waals surface area contributed by atoms with Crippen molar-refractivity contribution < 1.29 is 22.4 Å². The van der Waals surface area contributed by atoms with E-state index in [1.807, 2.05) is 0 Å². The minimum Gasteiger partial charge on any atom is -0.309 e. The van der Waals surface area contributed by atoms with Crippen molar-refractivity contribution in [2.24, 2.45) is 0 Å². The number of carbonyl (C=O) groups is 1. The molecule has 2 aliphatic rings. The third kappa shape index (κ3) is 4.09. The molecule has 8 nitrogen and oxygen atoms in total. The fourth-order valence-corrected chi connectivity index (χ4v) is 4.82. The molecule has 1 fully saturated rings. The van der Waals surface area contributed by atoms with Crippen molar-refractivity contribution in [1.82, 2.24) is 29.3 Å². The van der Waals surface area contributed by atoms with Crippen LogP contribution in [0.1, 0.15) is 61.2 Å². The highest BCUT2D eigenvalue weighted by molar-refractivity contribution is 6.07. The van der Waals surface area contributed by atoms with E-state index in [-0.39, 0.29) is 30.5 Å². The maximum Gasteiger partial charge on any atom is 0.389 e. The van der Waals surface area contributed by atoms with Gasteiger partial charge in [-0.1, -0.05) is 0 Å². The molecular formula is C25H21F4N7O. The van der Waals surface area contributed by atoms with Crippen LogP contribution in [0.2, 0.25) is 0 Å². The molecule has 190 valence electrons. The number of aryl methyl sites for hydroxylation is 1. The summed E-state index contributed by atoms with van der Waals surface area (Å²) in [6.45, 7) is 1.72. The molecule has 1 saturated carbocycles. The van der Waals surface area contributed by atoms with Crippen LogP contribution in [0.15, 0.2) is 36.9 Å². The molecule has 0 saturated heterocycles. The van der Waals surface area contributed by atoms with Crippen molar-refractivity contribution >= 4 is 17.4 Å². The predicted molar refractivity (Wildman–Crippen MR) is 124 cm³/mol. The van der Waals surface area contributed by atoms with E-state index in [9.17, 15) is 22.4 Å². The Hall–Kier alpha value is -3.96. The third-order valence-electron chi connectivity index (χ3n) is 6.87. The number of nitrogens with one attached hydrogen (secondary N) is 1. The van der Waals surface area contributed by atoms with Crippen molar-refractivity contribution in [3.63, 3.8) is 0 Å². The summed E-state index contributed by atoms with van der Waals surface area (Å²) in [5.41, 5.74) is 1.72. The highest BCUT2D eigenvalue weighted by Gasteiger charge is 2.50. The average Bonchev–Trinajstić information content (AvgIpc) is 3.52. The van der Waals surface area contributed by atoms with Gasteiger partial charge in [0.2, 0.25) is 5.91 Å². The number of carbonyl (C=O) groups excluding carboxylic acids is 1. The van der Waals surface area contributed by atoms with Gasteiger partial charge in [-0.2, -0.15) is 13.2 Å². The second kappa shape index (κ2) is 8.29. The molecule has 1 N–H and O–H groups in total. The van der Waals surface area contributed by atoms with Crippen molar-refractivity contribution in [3.8, 4) is 11.5 Å². The summed E-state index contributed by atoms with van der Waals surface area (Å²) in [6, 6.07) is 2.74. The van der Waals surface area contributed by atoms with Crippen molar-refractivity contribution in [3.05, 3.63) is 65.4 Å². The second-order valence-electron chi connectivity index (χ2n) is 9.57. The molecule has 0 aromatic carbocycles. The van der Waals surface area contributed by atoms with Gasteiger partial charge in [0.25, 0.3) is 0 Å². The standard InChI is InChI=1S/C25H21F4N7O/c1-24(17-7-6-14(26)11-31-17)18-19(13-4-5-13)33-20(34-21(18)35-23(24)37)16-12-36-10-9-30-22(36)15(32-16)3-2-8-25(27,28)29/h6-7,9-13H,2-5,8H2,1H3,(H,33,34,35,37). The molecule has 4 aromatic heterocycles. The molecule has 12 heteroatoms. The number of fused-ring (bicyclic) bond motifs is 2. The molecule has 1 aliphatic carbocycles. The topological polar surface area (TPSA) is 98.0 Å². The van der Waals surface area contributed by atoms with Gasteiger partial charge in [0.15, 0.2) is 11.5 Å². The number of imidazole rings is 1. The molecule has 0 radical (unpaired) electrons. The predicted octanol–water partition coefficient (Wildman–Crippen LogP) is 4.74. The van der Waals surface area contributed by atoms with E-state index in [0.717, 1.165) is 19.0 Å². The van der Waals surface area contributed by atoms with E-state index in [1.54, 1.807) is 29.9 Å². The number of anilines is 1. The lowest BCUT2D eigenvalue weighted by molar-refractivity contribution is -0.135. The Morgan fingerprint density at radius 1 is 1.16 bits per heavy atom. The van der Waals surface area contributed by atoms with Gasteiger partial charge in [-0.05, 0) is 44.7 Å². The maximum absolute atomic E-state index is 13.5. The summed E-state index contributed by atoms with van der Waals surface area (Å²) < 4.78 is 53.4. The van der Waals surface area contributed by atoms with E-state index in [1.165, 1.54) is 12.1 Å². The van der Waals surface area contributed by atoms with Gasteiger partial charge in [-0.25, -0.2) is 24.3 Å². The van der Waals surface area contributed by atoms with Crippen molar-refractivity contribution in [1.29, 1.82) is 0 Å². The number of halogens is 4. The summed E-state index contributed by atoms with van der Waals surface area (Å²) in [5.74, 6) is -0.152. The molecule has 1 atom stereocenters. The largest absolute Gasteiger partial charge is 0.389 e. The lowest BCUT2D eigenvalue weighted by Gasteiger charge is -2.23. The monoisotopic (exact) mass is 511 g/mol. The zero-order valence-electron chi connectivity index (χ0n) is 19.7. The molecule has 1 aliphatic heterocycles. The Labute approximate surface area is 208 Å². The zero-order valence-corrected chi connectivity index (χ0v) is 19.7. The van der Waals surface area contributed by atoms with Crippen LogP contribution in [-0.2, 0) is 16.6 Å². The molecular weight excluding hydrogens is 490 g/mol. The Morgan fingerprint density at radius 3 is 2.68 bits per heavy atom. The lowest BCUT2D eigenvalue weighted by atomic mass is 9.79. The number of rotatable bonds is 6. The van der Waals surface area contributed by atoms with Gasteiger partial charge < -0.3 is 9.72 Å². The molecule has 37 heavy (non-hydrogen) atoms. The Bertz CT molecular complexity index is 1530. The maximum atomic E-state index is 13.5. The average molecular weight is 511 g/mol. The number of pyridine rings is 1. The zero-order chi connectivity index (χ0) is 25.9. The van der Waals surface area contributed by atoms with Gasteiger partial charge in [0, 0.05) is 36.5 Å². The first-order valence-corrected chi connectivity index (χ1v) is 11.9. The number of alkyl halides is 3. The van der Waals surface area contributed by atoms with Crippen LogP contribution in [0.5, 0.6) is 0 Å². The normalized spacial score (nSPS) is 19.3. The van der Waals surface area contributed by atoms with E-state index < -0.39 is 23.8 Å². The van der Waals surface area contributed by atoms with Crippen LogP contribution < -0.4 is 5.32 Å². The number of hydrogen-bond donors (Lipinski definition) is 1. The van der Waals surface area contributed by atoms with Crippen LogP contribution in [0.4, 0.5) is 23.4 Å². The van der Waals surface area contributed by atoms with Gasteiger partial charge in [0.05, 0.1) is 23.3 Å². The summed E-state index contributed by atoms with van der Waals surface area (Å²) in [5, 5.41) is 2.84. The Morgan fingerprint density at radius 2 is 1.97 bits per heavy atom. The van der Waals surface area contributed by atoms with Crippen molar-refractivity contribution in [2.75, 3.05) is 5.32 Å². The highest BCUT2D eigenvalue weighted by Crippen LogP contribution is 2.50. The van der Waals surface area contributed by atoms with Crippen LogP contribution in [0.3, 0.4) is 0 Å². The van der Waals surface area contributed by atoms with Gasteiger partial charge >= 0.3 is 6.18 Å². The third-order valence-corrected chi connectivity index (χ3v) is 6.87. The summed E-state index contributed by atoms with van der Waals surface area (Å²) >= 11 is 0. The van der Waals surface area contributed by atoms with E-state index in [0.29, 0.717) is 39.8 Å². The van der Waals surface area contributed by atoms with Gasteiger partial charge in [-0.15, -0.1) is 0 Å². The molecule has 0 spiro atoms. The van der Waals surface area contributed by atoms with Gasteiger partial charge in [0.1, 0.15) is 22.7 Å². The van der Waals surface area contributed by atoms with E-state index in [2.05, 4.69) is 25.3 Å². The fraction of sp³-hybridized carbons (Fsp3) is 0.360. The van der Waals surface area contributed by atoms with E-state index >= 15 is 0 Å². The van der Waals surface area contributed by atoms with Crippen LogP contribution in [0.25, 0.3) is 17.2 Å². The van der Waals surface area contributed by atoms with Gasteiger partial charge in [-0.3, -0.25) is 9.78 Å². The van der Waals surface area contributed by atoms with Crippen LogP contribution in [-0.4, -0.2) is 41.4 Å². The summed E-state index contributed by atoms with van der Waals surface area (Å²) in [7, 11) is 0. The number of hydrogen-bond acceptors (Lipinski definition) is 6. The minimum atomic E-state index is -4.25.